The van der Waals surface area contributed by atoms with Gasteiger partial charge in [-0.15, -0.1) is 0 Å². The number of carbonyl (C=O) groups is 4. The Labute approximate surface area is 245 Å². The van der Waals surface area contributed by atoms with Crippen LogP contribution in [0.4, 0.5) is 4.79 Å². The van der Waals surface area contributed by atoms with Crippen molar-refractivity contribution < 1.29 is 23.9 Å². The second kappa shape index (κ2) is 14.6. The van der Waals surface area contributed by atoms with Crippen molar-refractivity contribution >= 4 is 34.5 Å². The molecule has 0 aliphatic carbocycles. The van der Waals surface area contributed by atoms with E-state index < -0.39 is 35.8 Å². The van der Waals surface area contributed by atoms with Gasteiger partial charge in [0, 0.05) is 6.54 Å². The molecule has 2 atom stereocenters. The van der Waals surface area contributed by atoms with Crippen LogP contribution in [0.2, 0.25) is 0 Å². The minimum atomic E-state index is -1.28. The number of alkyl carbamates (subject to hydrolysis) is 1. The van der Waals surface area contributed by atoms with Gasteiger partial charge in [-0.3, -0.25) is 14.4 Å². The number of hydrogen-bond donors (Lipinski definition) is 3. The number of fused-ring (bicyclic) bond motifs is 1. The van der Waals surface area contributed by atoms with Crippen LogP contribution in [0.1, 0.15) is 43.0 Å². The van der Waals surface area contributed by atoms with E-state index in [0.717, 1.165) is 21.9 Å². The van der Waals surface area contributed by atoms with Crippen LogP contribution < -0.4 is 16.0 Å². The average Bonchev–Trinajstić information content (AvgIpc) is 3.01. The highest BCUT2D eigenvalue weighted by Gasteiger charge is 2.32. The van der Waals surface area contributed by atoms with Crippen molar-refractivity contribution in [2.75, 3.05) is 0 Å². The normalized spacial score (nSPS) is 12.3. The quantitative estimate of drug-likeness (QED) is 0.204. The number of ether oxygens (including phenoxy) is 1. The van der Waals surface area contributed by atoms with Crippen LogP contribution in [0.15, 0.2) is 103 Å². The minimum Gasteiger partial charge on any atom is -0.445 e. The molecule has 0 aliphatic rings. The van der Waals surface area contributed by atoms with Gasteiger partial charge >= 0.3 is 6.09 Å². The number of ketones is 1. The predicted octanol–water partition coefficient (Wildman–Crippen LogP) is 5.22. The second-order valence-electron chi connectivity index (χ2n) is 10.4. The first-order chi connectivity index (χ1) is 20.3. The summed E-state index contributed by atoms with van der Waals surface area (Å²) >= 11 is 0. The summed E-state index contributed by atoms with van der Waals surface area (Å²) in [5.41, 5.74) is 2.12. The Balaban J connectivity index is 1.55. The number of carbonyl (C=O) groups excluding carboxylic acids is 4. The van der Waals surface area contributed by atoms with Gasteiger partial charge in [-0.25, -0.2) is 4.79 Å². The van der Waals surface area contributed by atoms with Gasteiger partial charge in [0.1, 0.15) is 18.7 Å². The molecule has 0 saturated carbocycles. The highest BCUT2D eigenvalue weighted by Crippen LogP contribution is 2.26. The Morgan fingerprint density at radius 3 is 2.02 bits per heavy atom. The number of hydrogen-bond acceptors (Lipinski definition) is 5. The van der Waals surface area contributed by atoms with Crippen LogP contribution in [0, 0.1) is 5.92 Å². The Bertz CT molecular complexity index is 1520. The maximum absolute atomic E-state index is 13.6. The van der Waals surface area contributed by atoms with Crippen molar-refractivity contribution in [2.45, 2.75) is 45.5 Å². The standard InChI is InChI=1S/C34H35N3O5/c1-23(2)20-29(36-34(41)42-22-25-14-7-4-8-15-25)32(39)37-30(28-19-11-17-26-16-9-10-18-27(26)28)31(38)33(40)35-21-24-12-5-3-6-13-24/h3-19,23,29-30H,20-22H2,1-2H3,(H,35,40)(H,36,41)(H,37,39)/t29-,30-/m0/s1. The number of Topliss-reactive ketones (excluding diaryl/α,β-unsaturated/α-hetero) is 1. The summed E-state index contributed by atoms with van der Waals surface area (Å²) in [5, 5.41) is 9.66. The monoisotopic (exact) mass is 565 g/mol. The largest absolute Gasteiger partial charge is 0.445 e. The molecule has 0 unspecified atom stereocenters. The summed E-state index contributed by atoms with van der Waals surface area (Å²) in [7, 11) is 0. The van der Waals surface area contributed by atoms with E-state index in [2.05, 4.69) is 16.0 Å². The van der Waals surface area contributed by atoms with Gasteiger partial charge in [-0.05, 0) is 39.8 Å². The van der Waals surface area contributed by atoms with Crippen LogP contribution in [0.25, 0.3) is 10.8 Å². The molecule has 4 aromatic rings. The molecular weight excluding hydrogens is 530 g/mol. The van der Waals surface area contributed by atoms with Crippen molar-refractivity contribution in [1.29, 1.82) is 0 Å². The lowest BCUT2D eigenvalue weighted by Crippen LogP contribution is -2.51. The van der Waals surface area contributed by atoms with E-state index in [4.69, 9.17) is 4.74 Å². The fraction of sp³-hybridized carbons (Fsp3) is 0.235. The fourth-order valence-electron chi connectivity index (χ4n) is 4.64. The molecule has 4 rings (SSSR count). The zero-order valence-corrected chi connectivity index (χ0v) is 23.7. The molecule has 0 aliphatic heterocycles. The molecular formula is C34H35N3O5. The van der Waals surface area contributed by atoms with Crippen LogP contribution in [0.5, 0.6) is 0 Å². The van der Waals surface area contributed by atoms with Crippen molar-refractivity contribution in [3.63, 3.8) is 0 Å². The van der Waals surface area contributed by atoms with Crippen molar-refractivity contribution in [2.24, 2.45) is 5.92 Å². The third kappa shape index (κ3) is 8.27. The topological polar surface area (TPSA) is 114 Å². The zero-order valence-electron chi connectivity index (χ0n) is 23.7. The molecule has 0 saturated heterocycles. The summed E-state index contributed by atoms with van der Waals surface area (Å²) in [6.07, 6.45) is -0.462. The zero-order chi connectivity index (χ0) is 29.9. The van der Waals surface area contributed by atoms with E-state index in [-0.39, 0.29) is 19.1 Å². The molecule has 0 aromatic heterocycles. The van der Waals surface area contributed by atoms with Gasteiger partial charge in [0.15, 0.2) is 0 Å². The van der Waals surface area contributed by atoms with E-state index in [0.29, 0.717) is 12.0 Å². The Morgan fingerprint density at radius 2 is 1.33 bits per heavy atom. The highest BCUT2D eigenvalue weighted by molar-refractivity contribution is 6.38. The van der Waals surface area contributed by atoms with E-state index in [1.54, 1.807) is 12.1 Å². The van der Waals surface area contributed by atoms with Gasteiger partial charge in [0.2, 0.25) is 11.7 Å². The molecule has 216 valence electrons. The number of benzene rings is 4. The van der Waals surface area contributed by atoms with E-state index in [1.165, 1.54) is 0 Å². The first-order valence-corrected chi connectivity index (χ1v) is 13.9. The summed E-state index contributed by atoms with van der Waals surface area (Å²) in [6, 6.07) is 29.0. The molecule has 0 radical (unpaired) electrons. The van der Waals surface area contributed by atoms with Crippen molar-refractivity contribution in [3.8, 4) is 0 Å². The molecule has 8 heteroatoms. The van der Waals surface area contributed by atoms with E-state index in [1.807, 2.05) is 105 Å². The van der Waals surface area contributed by atoms with Gasteiger partial charge in [-0.1, -0.05) is 117 Å². The molecule has 42 heavy (non-hydrogen) atoms. The van der Waals surface area contributed by atoms with Gasteiger partial charge < -0.3 is 20.7 Å². The summed E-state index contributed by atoms with van der Waals surface area (Å²) in [6.45, 7) is 4.04. The summed E-state index contributed by atoms with van der Waals surface area (Å²) < 4.78 is 5.34. The van der Waals surface area contributed by atoms with Crippen LogP contribution in [-0.2, 0) is 32.3 Å². The smallest absolute Gasteiger partial charge is 0.408 e. The first-order valence-electron chi connectivity index (χ1n) is 13.9. The lowest BCUT2D eigenvalue weighted by molar-refractivity contribution is -0.140. The maximum atomic E-state index is 13.6. The number of rotatable bonds is 12. The van der Waals surface area contributed by atoms with E-state index >= 15 is 0 Å². The third-order valence-electron chi connectivity index (χ3n) is 6.73. The summed E-state index contributed by atoms with van der Waals surface area (Å²) in [5.74, 6) is -2.20. The predicted molar refractivity (Wildman–Crippen MR) is 161 cm³/mol. The van der Waals surface area contributed by atoms with Gasteiger partial charge in [0.05, 0.1) is 0 Å². The lowest BCUT2D eigenvalue weighted by atomic mass is 9.94. The molecule has 3 N–H and O–H groups in total. The fourth-order valence-corrected chi connectivity index (χ4v) is 4.64. The number of nitrogens with one attached hydrogen (secondary N) is 3. The second-order valence-corrected chi connectivity index (χ2v) is 10.4. The Morgan fingerprint density at radius 1 is 0.714 bits per heavy atom. The first kappa shape index (κ1) is 30.0. The molecule has 3 amide bonds. The molecule has 0 heterocycles. The Kier molecular flexibility index (Phi) is 10.4. The summed E-state index contributed by atoms with van der Waals surface area (Å²) in [4.78, 5) is 53.0. The van der Waals surface area contributed by atoms with Crippen molar-refractivity contribution in [3.05, 3.63) is 120 Å². The van der Waals surface area contributed by atoms with Crippen molar-refractivity contribution in [1.82, 2.24) is 16.0 Å². The highest BCUT2D eigenvalue weighted by atomic mass is 16.5. The average molecular weight is 566 g/mol. The minimum absolute atomic E-state index is 0.0380. The lowest BCUT2D eigenvalue weighted by Gasteiger charge is -2.24. The van der Waals surface area contributed by atoms with Crippen LogP contribution in [0.3, 0.4) is 0 Å². The molecule has 8 nitrogen and oxygen atoms in total. The van der Waals surface area contributed by atoms with E-state index in [9.17, 15) is 19.2 Å². The molecule has 4 aromatic carbocycles. The number of amides is 3. The Hall–Kier alpha value is -4.98. The molecule has 0 spiro atoms. The SMILES string of the molecule is CC(C)C[C@H](NC(=O)OCc1ccccc1)C(=O)N[C@H](C(=O)C(=O)NCc1ccccc1)c1cccc2ccccc12. The van der Waals surface area contributed by atoms with Gasteiger partial charge in [-0.2, -0.15) is 0 Å². The third-order valence-corrected chi connectivity index (χ3v) is 6.73. The van der Waals surface area contributed by atoms with Crippen LogP contribution >= 0.6 is 0 Å². The van der Waals surface area contributed by atoms with Crippen LogP contribution in [-0.4, -0.2) is 29.7 Å². The molecule has 0 bridgehead atoms. The van der Waals surface area contributed by atoms with Gasteiger partial charge in [0.25, 0.3) is 5.91 Å². The maximum Gasteiger partial charge on any atom is 0.408 e. The molecule has 0 fully saturated rings.